The number of hydrogen-bond donors (Lipinski definition) is 2. The van der Waals surface area contributed by atoms with Crippen LogP contribution in [0.15, 0.2) is 12.2 Å². The monoisotopic (exact) mass is 338 g/mol. The average molecular weight is 339 g/mol. The summed E-state index contributed by atoms with van der Waals surface area (Å²) >= 11 is 0. The van der Waals surface area contributed by atoms with E-state index < -0.39 is 0 Å². The molecule has 0 aromatic carbocycles. The van der Waals surface area contributed by atoms with Gasteiger partial charge in [-0.2, -0.15) is 0 Å². The lowest BCUT2D eigenvalue weighted by molar-refractivity contribution is -0.00664. The summed E-state index contributed by atoms with van der Waals surface area (Å²) in [6.45, 7) is 5.11. The van der Waals surface area contributed by atoms with Gasteiger partial charge in [0.25, 0.3) is 0 Å². The van der Waals surface area contributed by atoms with Crippen LogP contribution in [-0.2, 0) is 0 Å². The van der Waals surface area contributed by atoms with Gasteiger partial charge in [-0.05, 0) is 62.7 Å². The fraction of sp³-hybridized carbons (Fsp3) is 0.909. The summed E-state index contributed by atoms with van der Waals surface area (Å²) in [7, 11) is 0. The van der Waals surface area contributed by atoms with E-state index in [1.54, 1.807) is 0 Å². The molecular weight excluding hydrogens is 296 g/mol. The predicted molar refractivity (Wildman–Crippen MR) is 104 cm³/mol. The summed E-state index contributed by atoms with van der Waals surface area (Å²) in [5.74, 6) is 0. The second kappa shape index (κ2) is 12.1. The molecule has 0 heterocycles. The van der Waals surface area contributed by atoms with E-state index in [9.17, 15) is 10.2 Å². The fourth-order valence-electron chi connectivity index (χ4n) is 5.18. The molecule has 0 aromatic rings. The van der Waals surface area contributed by atoms with Gasteiger partial charge in [0.05, 0.1) is 0 Å². The van der Waals surface area contributed by atoms with E-state index >= 15 is 0 Å². The molecule has 2 N–H and O–H groups in total. The van der Waals surface area contributed by atoms with Gasteiger partial charge in [-0.15, -0.1) is 0 Å². The molecule has 0 radical (unpaired) electrons. The molecule has 1 aliphatic carbocycles. The van der Waals surface area contributed by atoms with Gasteiger partial charge in [0, 0.05) is 13.2 Å². The first-order valence-electron chi connectivity index (χ1n) is 10.6. The molecule has 1 aliphatic rings. The van der Waals surface area contributed by atoms with E-state index in [1.165, 1.54) is 64.2 Å². The molecule has 142 valence electrons. The number of unbranched alkanes of at least 4 members (excludes halogenated alkanes) is 4. The normalized spacial score (nSPS) is 23.8. The van der Waals surface area contributed by atoms with Gasteiger partial charge in [0.1, 0.15) is 0 Å². The Kier molecular flexibility index (Phi) is 10.9. The molecule has 24 heavy (non-hydrogen) atoms. The van der Waals surface area contributed by atoms with Crippen molar-refractivity contribution in [3.8, 4) is 0 Å². The van der Waals surface area contributed by atoms with Gasteiger partial charge < -0.3 is 10.2 Å². The molecule has 0 amide bonds. The van der Waals surface area contributed by atoms with E-state index in [2.05, 4.69) is 26.0 Å². The summed E-state index contributed by atoms with van der Waals surface area (Å²) in [5.41, 5.74) is 0.732. The largest absolute Gasteiger partial charge is 0.396 e. The van der Waals surface area contributed by atoms with Crippen molar-refractivity contribution >= 4 is 0 Å². The van der Waals surface area contributed by atoms with E-state index in [-0.39, 0.29) is 0 Å². The molecular formula is C22H42O2. The highest BCUT2D eigenvalue weighted by atomic mass is 16.3. The average Bonchev–Trinajstić information content (AvgIpc) is 2.58. The maximum absolute atomic E-state index is 9.25. The minimum atomic E-state index is 0.319. The van der Waals surface area contributed by atoms with Gasteiger partial charge in [-0.25, -0.2) is 0 Å². The van der Waals surface area contributed by atoms with Crippen molar-refractivity contribution in [3.05, 3.63) is 12.2 Å². The van der Waals surface area contributed by atoms with E-state index in [0.717, 1.165) is 25.7 Å². The number of allylic oxidation sites excluding steroid dienone is 2. The Morgan fingerprint density at radius 2 is 1.38 bits per heavy atom. The van der Waals surface area contributed by atoms with E-state index in [0.29, 0.717) is 24.0 Å². The standard InChI is InChI=1S/C22H42O2/c1-3-5-6-14-21(13-4-2)15-7-8-16-22(21,17-9-11-19-23)18-10-12-20-24/h4,13,23-24H,3,5-12,14-20H2,1-2H3. The van der Waals surface area contributed by atoms with Crippen LogP contribution >= 0.6 is 0 Å². The minimum absolute atomic E-state index is 0.319. The van der Waals surface area contributed by atoms with Crippen LogP contribution in [0, 0.1) is 10.8 Å². The highest BCUT2D eigenvalue weighted by Crippen LogP contribution is 2.59. The van der Waals surface area contributed by atoms with Crippen LogP contribution in [0.4, 0.5) is 0 Å². The second-order valence-corrected chi connectivity index (χ2v) is 7.96. The fourth-order valence-corrected chi connectivity index (χ4v) is 5.18. The highest BCUT2D eigenvalue weighted by Gasteiger charge is 2.49. The number of aliphatic hydroxyl groups is 2. The molecule has 1 unspecified atom stereocenters. The first kappa shape index (κ1) is 21.7. The molecule has 2 nitrogen and oxygen atoms in total. The molecule has 0 aromatic heterocycles. The number of aliphatic hydroxyl groups excluding tert-OH is 2. The van der Waals surface area contributed by atoms with Crippen molar-refractivity contribution in [2.24, 2.45) is 10.8 Å². The van der Waals surface area contributed by atoms with E-state index in [4.69, 9.17) is 0 Å². The lowest BCUT2D eigenvalue weighted by Gasteiger charge is -2.54. The van der Waals surface area contributed by atoms with Crippen LogP contribution in [0.25, 0.3) is 0 Å². The molecule has 0 saturated heterocycles. The van der Waals surface area contributed by atoms with Crippen molar-refractivity contribution in [1.82, 2.24) is 0 Å². The summed E-state index contributed by atoms with van der Waals surface area (Å²) in [4.78, 5) is 0. The van der Waals surface area contributed by atoms with E-state index in [1.807, 2.05) is 0 Å². The molecule has 1 saturated carbocycles. The maximum Gasteiger partial charge on any atom is 0.0431 e. The second-order valence-electron chi connectivity index (χ2n) is 7.96. The number of rotatable bonds is 13. The third-order valence-corrected chi connectivity index (χ3v) is 6.42. The predicted octanol–water partition coefficient (Wildman–Crippen LogP) is 6.01. The van der Waals surface area contributed by atoms with Crippen LogP contribution in [0.2, 0.25) is 0 Å². The van der Waals surface area contributed by atoms with Gasteiger partial charge in [-0.3, -0.25) is 0 Å². The number of hydrogen-bond acceptors (Lipinski definition) is 2. The van der Waals surface area contributed by atoms with Gasteiger partial charge in [-0.1, -0.05) is 64.0 Å². The maximum atomic E-state index is 9.25. The van der Waals surface area contributed by atoms with Gasteiger partial charge in [0.2, 0.25) is 0 Å². The first-order chi connectivity index (χ1) is 11.7. The Bertz CT molecular complexity index is 327. The molecule has 1 rings (SSSR count). The van der Waals surface area contributed by atoms with Gasteiger partial charge >= 0.3 is 0 Å². The summed E-state index contributed by atoms with van der Waals surface area (Å²) in [6, 6.07) is 0. The Balaban J connectivity index is 3.02. The Morgan fingerprint density at radius 1 is 0.792 bits per heavy atom. The van der Waals surface area contributed by atoms with Gasteiger partial charge in [0.15, 0.2) is 0 Å². The smallest absolute Gasteiger partial charge is 0.0431 e. The van der Waals surface area contributed by atoms with Crippen molar-refractivity contribution in [3.63, 3.8) is 0 Å². The molecule has 0 spiro atoms. The molecule has 0 aliphatic heterocycles. The zero-order valence-corrected chi connectivity index (χ0v) is 16.4. The third-order valence-electron chi connectivity index (χ3n) is 6.42. The highest BCUT2D eigenvalue weighted by molar-refractivity contribution is 5.11. The Labute approximate surface area is 150 Å². The molecule has 1 fully saturated rings. The summed E-state index contributed by atoms with van der Waals surface area (Å²) < 4.78 is 0. The Morgan fingerprint density at radius 3 is 1.92 bits per heavy atom. The third kappa shape index (κ3) is 5.88. The SMILES string of the molecule is CC=CC1(CCCCC)CCCCC1(CCCCO)CCCCO. The van der Waals surface area contributed by atoms with Crippen molar-refractivity contribution in [1.29, 1.82) is 0 Å². The van der Waals surface area contributed by atoms with Crippen LogP contribution in [0.1, 0.15) is 104 Å². The first-order valence-corrected chi connectivity index (χ1v) is 10.6. The molecule has 1 atom stereocenters. The minimum Gasteiger partial charge on any atom is -0.396 e. The van der Waals surface area contributed by atoms with Crippen LogP contribution in [-0.4, -0.2) is 23.4 Å². The zero-order chi connectivity index (χ0) is 17.7. The zero-order valence-electron chi connectivity index (χ0n) is 16.4. The van der Waals surface area contributed by atoms with Crippen LogP contribution < -0.4 is 0 Å². The topological polar surface area (TPSA) is 40.5 Å². The summed E-state index contributed by atoms with van der Waals surface area (Å²) in [5, 5.41) is 18.5. The quantitative estimate of drug-likeness (QED) is 0.319. The van der Waals surface area contributed by atoms with Crippen molar-refractivity contribution in [2.45, 2.75) is 104 Å². The van der Waals surface area contributed by atoms with Crippen molar-refractivity contribution in [2.75, 3.05) is 13.2 Å². The lowest BCUT2D eigenvalue weighted by atomic mass is 9.50. The van der Waals surface area contributed by atoms with Crippen LogP contribution in [0.5, 0.6) is 0 Å². The van der Waals surface area contributed by atoms with Crippen molar-refractivity contribution < 1.29 is 10.2 Å². The summed E-state index contributed by atoms with van der Waals surface area (Å²) in [6.07, 6.45) is 22.1. The van der Waals surface area contributed by atoms with Crippen LogP contribution in [0.3, 0.4) is 0 Å². The Hall–Kier alpha value is -0.340. The molecule has 0 bridgehead atoms. The lowest BCUT2D eigenvalue weighted by Crippen LogP contribution is -2.44. The molecule has 2 heteroatoms.